The van der Waals surface area contributed by atoms with Crippen molar-refractivity contribution in [1.29, 1.82) is 0 Å². The van der Waals surface area contributed by atoms with E-state index < -0.39 is 67.4 Å². The summed E-state index contributed by atoms with van der Waals surface area (Å²) in [5.74, 6) is -1.28. The van der Waals surface area contributed by atoms with Crippen LogP contribution in [0.2, 0.25) is 0 Å². The number of carbonyl (C=O) groups excluding carboxylic acids is 2. The summed E-state index contributed by atoms with van der Waals surface area (Å²) in [6.07, 6.45) is 71.3. The van der Waals surface area contributed by atoms with Crippen molar-refractivity contribution < 1.29 is 49.3 Å². The fourth-order valence-corrected chi connectivity index (χ4v) is 8.68. The number of hydrogen-bond donors (Lipinski definition) is 6. The van der Waals surface area contributed by atoms with Gasteiger partial charge in [-0.15, -0.1) is 0 Å². The number of rotatable bonds is 50. The third-order valence-corrected chi connectivity index (χ3v) is 13.6. The number of ether oxygens (including phenoxy) is 3. The maximum atomic E-state index is 13.4. The average Bonchev–Trinajstić information content (AvgIpc) is 3.47. The Morgan fingerprint density at radius 1 is 0.506 bits per heavy atom. The molecule has 81 heavy (non-hydrogen) atoms. The van der Waals surface area contributed by atoms with Crippen molar-refractivity contribution in [3.8, 4) is 0 Å². The van der Waals surface area contributed by atoms with Crippen molar-refractivity contribution >= 4 is 11.9 Å². The third kappa shape index (κ3) is 43.6. The summed E-state index contributed by atoms with van der Waals surface area (Å²) >= 11 is 0. The molecule has 0 aliphatic carbocycles. The molecule has 8 unspecified atom stereocenters. The number of aliphatic hydroxyl groups is 5. The van der Waals surface area contributed by atoms with Crippen LogP contribution >= 0.6 is 0 Å². The summed E-state index contributed by atoms with van der Waals surface area (Å²) in [6.45, 7) is 5.47. The predicted octanol–water partition coefficient (Wildman–Crippen LogP) is 15.2. The van der Waals surface area contributed by atoms with Crippen LogP contribution in [0.4, 0.5) is 0 Å². The summed E-state index contributed by atoms with van der Waals surface area (Å²) in [5, 5.41) is 57.0. The molecule has 1 fully saturated rings. The summed E-state index contributed by atoms with van der Waals surface area (Å²) in [6, 6.07) is -1.07. The highest BCUT2D eigenvalue weighted by Crippen LogP contribution is 2.26. The van der Waals surface area contributed by atoms with Crippen molar-refractivity contribution in [1.82, 2.24) is 5.32 Å². The van der Waals surface area contributed by atoms with E-state index in [2.05, 4.69) is 105 Å². The Morgan fingerprint density at radius 2 is 0.951 bits per heavy atom. The lowest BCUT2D eigenvalue weighted by Gasteiger charge is -2.41. The van der Waals surface area contributed by atoms with E-state index in [4.69, 9.17) is 14.2 Å². The van der Waals surface area contributed by atoms with Gasteiger partial charge in [0, 0.05) is 6.42 Å². The number of aliphatic hydroxyl groups excluding tert-OH is 5. The number of amides is 1. The maximum absolute atomic E-state index is 13.4. The molecule has 1 aliphatic rings. The minimum Gasteiger partial charge on any atom is -0.454 e. The second-order valence-electron chi connectivity index (χ2n) is 20.8. The molecule has 0 aromatic rings. The molecule has 6 N–H and O–H groups in total. The van der Waals surface area contributed by atoms with Crippen LogP contribution in [0.1, 0.15) is 207 Å². The van der Waals surface area contributed by atoms with Gasteiger partial charge in [0.1, 0.15) is 24.4 Å². The van der Waals surface area contributed by atoms with Gasteiger partial charge in [0.25, 0.3) is 0 Å². The molecule has 1 aliphatic heterocycles. The first-order valence-electron chi connectivity index (χ1n) is 31.3. The maximum Gasteiger partial charge on any atom is 0.306 e. The van der Waals surface area contributed by atoms with Gasteiger partial charge in [0.2, 0.25) is 5.91 Å². The van der Waals surface area contributed by atoms with E-state index in [1.165, 1.54) is 51.4 Å². The predicted molar refractivity (Wildman–Crippen MR) is 337 cm³/mol. The van der Waals surface area contributed by atoms with E-state index in [1.54, 1.807) is 6.08 Å². The second-order valence-corrected chi connectivity index (χ2v) is 20.8. The lowest BCUT2D eigenvalue weighted by molar-refractivity contribution is -0.305. The van der Waals surface area contributed by atoms with E-state index >= 15 is 0 Å². The molecular formula is C70H111NO10. The Hall–Kier alpha value is -4.72. The highest BCUT2D eigenvalue weighted by Gasteiger charge is 2.47. The quantitative estimate of drug-likeness (QED) is 0.0149. The van der Waals surface area contributed by atoms with E-state index in [-0.39, 0.29) is 19.4 Å². The van der Waals surface area contributed by atoms with Gasteiger partial charge >= 0.3 is 5.97 Å². The summed E-state index contributed by atoms with van der Waals surface area (Å²) < 4.78 is 17.6. The summed E-state index contributed by atoms with van der Waals surface area (Å²) in [4.78, 5) is 26.6. The molecule has 0 aromatic heterocycles. The van der Waals surface area contributed by atoms with Crippen LogP contribution in [0.25, 0.3) is 0 Å². The van der Waals surface area contributed by atoms with Crippen molar-refractivity contribution in [3.05, 3.63) is 158 Å². The number of esters is 1. The van der Waals surface area contributed by atoms with E-state index in [1.807, 2.05) is 72.9 Å². The Balaban J connectivity index is 2.74. The molecule has 456 valence electrons. The highest BCUT2D eigenvalue weighted by atomic mass is 16.7. The van der Waals surface area contributed by atoms with Crippen LogP contribution in [0.5, 0.6) is 0 Å². The fourth-order valence-electron chi connectivity index (χ4n) is 8.68. The number of nitrogens with one attached hydrogen (secondary N) is 1. The molecule has 1 heterocycles. The second kappa shape index (κ2) is 55.8. The molecule has 11 heteroatoms. The van der Waals surface area contributed by atoms with Crippen LogP contribution in [0.3, 0.4) is 0 Å². The topological polar surface area (TPSA) is 175 Å². The number of hydrogen-bond acceptors (Lipinski definition) is 10. The summed E-state index contributed by atoms with van der Waals surface area (Å²) in [5.41, 5.74) is 0. The monoisotopic (exact) mass is 1130 g/mol. The Bertz CT molecular complexity index is 1920. The van der Waals surface area contributed by atoms with Crippen LogP contribution in [-0.2, 0) is 23.8 Å². The van der Waals surface area contributed by atoms with Gasteiger partial charge in [0.15, 0.2) is 12.4 Å². The zero-order chi connectivity index (χ0) is 58.9. The zero-order valence-electron chi connectivity index (χ0n) is 50.3. The van der Waals surface area contributed by atoms with Gasteiger partial charge < -0.3 is 45.1 Å². The molecule has 1 saturated heterocycles. The fraction of sp³-hybridized carbons (Fsp3) is 0.600. The number of carbonyl (C=O) groups is 2. The van der Waals surface area contributed by atoms with Gasteiger partial charge in [-0.2, -0.15) is 0 Å². The Morgan fingerprint density at radius 3 is 1.48 bits per heavy atom. The van der Waals surface area contributed by atoms with E-state index in [0.717, 1.165) is 109 Å². The number of unbranched alkanes of at least 4 members (excludes halogenated alkanes) is 17. The van der Waals surface area contributed by atoms with Gasteiger partial charge in [-0.05, 0) is 96.3 Å². The van der Waals surface area contributed by atoms with Gasteiger partial charge in [-0.3, -0.25) is 9.59 Å². The van der Waals surface area contributed by atoms with Gasteiger partial charge in [-0.25, -0.2) is 0 Å². The van der Waals surface area contributed by atoms with Gasteiger partial charge in [0.05, 0.1) is 25.4 Å². The van der Waals surface area contributed by atoms with Crippen molar-refractivity contribution in [3.63, 3.8) is 0 Å². The molecular weight excluding hydrogens is 1010 g/mol. The molecule has 11 nitrogen and oxygen atoms in total. The molecule has 0 saturated carbocycles. The molecule has 0 radical (unpaired) electrons. The van der Waals surface area contributed by atoms with Crippen LogP contribution in [-0.4, -0.2) is 99.6 Å². The molecule has 1 amide bonds. The first kappa shape index (κ1) is 74.3. The standard InChI is InChI=1S/C70H111NO10/c1-4-7-10-13-16-19-22-25-27-29-30-31-32-33-34-35-37-40-43-46-49-52-55-58-65(75)81-68-67(77)66(76)64(59-72)80-70(68)79-60-61(62(73)56-53-50-47-44-41-38-24-21-18-15-12-9-6-3)71-69(78)63(74)57-54-51-48-45-42-39-36-28-26-23-20-17-14-11-8-5-2/h7-8,10-11,14,16-17,19-20,23,25-28,30-31,33-34,36-37,39-40,42,45,53,56,61-64,66-68,70,72-74,76-77H,4-6,9,12-13,15,18,21-22,24,29,32,35,38,41,43-44,46-52,54-55,57-60H2,1-3H3,(H,71,78)/b10-7-,11-8-,17-14+,19-16-,23-20+,27-25-,28-26-,31-30-,34-33-,39-36+,40-37-,45-42+,56-53+. The summed E-state index contributed by atoms with van der Waals surface area (Å²) in [7, 11) is 0. The lowest BCUT2D eigenvalue weighted by Crippen LogP contribution is -2.61. The highest BCUT2D eigenvalue weighted by molar-refractivity contribution is 5.80. The third-order valence-electron chi connectivity index (χ3n) is 13.6. The molecule has 1 rings (SSSR count). The largest absolute Gasteiger partial charge is 0.454 e. The minimum absolute atomic E-state index is 0.0772. The number of allylic oxidation sites excluding steroid dienone is 25. The average molecular weight is 1130 g/mol. The molecule has 0 spiro atoms. The molecule has 0 bridgehead atoms. The lowest BCUT2D eigenvalue weighted by atomic mass is 9.99. The van der Waals surface area contributed by atoms with E-state index in [9.17, 15) is 35.1 Å². The van der Waals surface area contributed by atoms with Crippen LogP contribution < -0.4 is 5.32 Å². The Kier molecular flexibility index (Phi) is 51.2. The van der Waals surface area contributed by atoms with Crippen LogP contribution in [0.15, 0.2) is 158 Å². The normalized spacial score (nSPS) is 19.8. The SMILES string of the molecule is CC\C=C/C=C/C=C/C=C\C=C\C=C\CCCCC(O)C(=O)NC(COC1OC(CO)C(O)C(O)C1OC(=O)CCCCCC/C=C\C/C=C\C/C=C\C/C=C\C/C=C\C/C=C\CC)C(O)/C=C/CCCCCCCCCCCCC. The van der Waals surface area contributed by atoms with E-state index in [0.29, 0.717) is 12.8 Å². The van der Waals surface area contributed by atoms with Gasteiger partial charge in [-0.1, -0.05) is 262 Å². The molecule has 0 aromatic carbocycles. The smallest absolute Gasteiger partial charge is 0.306 e. The molecule has 8 atom stereocenters. The van der Waals surface area contributed by atoms with Crippen molar-refractivity contribution in [2.24, 2.45) is 0 Å². The first-order chi connectivity index (χ1) is 39.7. The van der Waals surface area contributed by atoms with Crippen LogP contribution in [0, 0.1) is 0 Å². The first-order valence-corrected chi connectivity index (χ1v) is 31.3. The van der Waals surface area contributed by atoms with Crippen molar-refractivity contribution in [2.75, 3.05) is 13.2 Å². The Labute approximate surface area is 491 Å². The van der Waals surface area contributed by atoms with Crippen molar-refractivity contribution in [2.45, 2.75) is 256 Å². The zero-order valence-corrected chi connectivity index (χ0v) is 50.3. The minimum atomic E-state index is -1.65.